The van der Waals surface area contributed by atoms with Crippen LogP contribution in [0.2, 0.25) is 19.6 Å². The molecule has 1 radical (unpaired) electrons. The molecule has 0 amide bonds. The molecule has 5 heteroatoms. The van der Waals surface area contributed by atoms with Gasteiger partial charge in [0.05, 0.1) is 31.9 Å². The summed E-state index contributed by atoms with van der Waals surface area (Å²) in [5.41, 5.74) is 13.3. The van der Waals surface area contributed by atoms with Crippen molar-refractivity contribution in [3.8, 4) is 33.6 Å². The molecule has 0 unspecified atom stereocenters. The number of aryl methyl sites for hydroxylation is 1. The standard InChI is InChI=1S/C28H24NS.C20H28NSi.Ir/c1-18(2)21-14-15-29(4)25(16-21)27-19(3)10-12-24-23-13-11-22(17-26(23)30-28(24)27)20-8-6-5-7-9-20;1-14(2)17-12-18(20-15(3)10-9-11-16(20)4)21(5)13-19(17)22(6,7)8;/h5-18H,3-4H2,1-2H3;9-14H,3,5H2,1-2,4,6-8H3;/q2*-1;. The van der Waals surface area contributed by atoms with Gasteiger partial charge in [0.1, 0.15) is 0 Å². The molecule has 53 heavy (non-hydrogen) atoms. The molecule has 3 aromatic heterocycles. The summed E-state index contributed by atoms with van der Waals surface area (Å²) >= 11 is 1.85. The van der Waals surface area contributed by atoms with Gasteiger partial charge in [0.15, 0.2) is 0 Å². The first-order valence-corrected chi connectivity index (χ1v) is 22.5. The third kappa shape index (κ3) is 8.15. The molecular formula is C48H52IrN2SSi-2. The quantitative estimate of drug-likeness (QED) is 0.0892. The Labute approximate surface area is 336 Å². The predicted octanol–water partition coefficient (Wildman–Crippen LogP) is 12.1. The van der Waals surface area contributed by atoms with E-state index >= 15 is 0 Å². The van der Waals surface area contributed by atoms with Crippen LogP contribution in [0, 0.1) is 34.9 Å². The van der Waals surface area contributed by atoms with Gasteiger partial charge in [-0.25, -0.2) is 0 Å². The van der Waals surface area contributed by atoms with Gasteiger partial charge in [-0.05, 0) is 49.7 Å². The number of thiophene rings is 1. The van der Waals surface area contributed by atoms with E-state index < -0.39 is 8.07 Å². The number of fused-ring (bicyclic) bond motifs is 3. The maximum absolute atomic E-state index is 4.36. The topological polar surface area (TPSA) is 7.76 Å². The fraction of sp³-hybridized carbons (Fsp3) is 0.208. The minimum Gasteiger partial charge on any atom is -0.343 e. The molecule has 7 aromatic rings. The maximum Gasteiger partial charge on any atom is 0.0709 e. The molecular weight excluding hydrogens is 857 g/mol. The summed E-state index contributed by atoms with van der Waals surface area (Å²) in [7, 11) is 7.11. The Morgan fingerprint density at radius 1 is 0.642 bits per heavy atom. The van der Waals surface area contributed by atoms with E-state index in [9.17, 15) is 0 Å². The van der Waals surface area contributed by atoms with E-state index in [0.29, 0.717) is 11.8 Å². The maximum atomic E-state index is 4.36. The molecule has 4 aromatic carbocycles. The third-order valence-electron chi connectivity index (χ3n) is 10.1. The van der Waals surface area contributed by atoms with E-state index in [1.165, 1.54) is 64.3 Å². The van der Waals surface area contributed by atoms with Crippen molar-refractivity contribution >= 4 is 44.8 Å². The molecule has 0 saturated heterocycles. The van der Waals surface area contributed by atoms with Gasteiger partial charge in [0, 0.05) is 38.9 Å². The largest absolute Gasteiger partial charge is 0.343 e. The summed E-state index contributed by atoms with van der Waals surface area (Å²) in [6.07, 6.45) is 4.31. The SMILES string of the molecule is [CH2-]c1ccc2c(sc3cc(-c4ccccc4)ccc32)c1-c1cc(C(C)C)cc[n+]1[CH2-].[CH2-]c1cccc(C)c1-c1cc(C(C)C)c([Si](C)(C)C)c[n+]1[CH2-].[Ir]. The first-order chi connectivity index (χ1) is 24.6. The van der Waals surface area contributed by atoms with Crippen molar-refractivity contribution in [2.45, 2.75) is 66.1 Å². The summed E-state index contributed by atoms with van der Waals surface area (Å²) < 4.78 is 6.58. The normalized spacial score (nSPS) is 11.5. The van der Waals surface area contributed by atoms with Gasteiger partial charge in [-0.2, -0.15) is 37.1 Å². The molecule has 0 aliphatic carbocycles. The van der Waals surface area contributed by atoms with Crippen LogP contribution in [0.4, 0.5) is 0 Å². The number of pyridine rings is 2. The van der Waals surface area contributed by atoms with E-state index in [2.05, 4.69) is 192 Å². The Bertz CT molecular complexity index is 2380. The van der Waals surface area contributed by atoms with E-state index in [0.717, 1.165) is 22.5 Å². The first kappa shape index (κ1) is 39.9. The Balaban J connectivity index is 0.000000211. The second-order valence-electron chi connectivity index (χ2n) is 15.6. The van der Waals surface area contributed by atoms with E-state index in [4.69, 9.17) is 0 Å². The molecule has 0 aliphatic rings. The van der Waals surface area contributed by atoms with Crippen LogP contribution < -0.4 is 14.3 Å². The van der Waals surface area contributed by atoms with E-state index in [1.54, 1.807) is 0 Å². The molecule has 0 bridgehead atoms. The molecule has 3 heterocycles. The summed E-state index contributed by atoms with van der Waals surface area (Å²) in [6, 6.07) is 34.7. The van der Waals surface area contributed by atoms with Gasteiger partial charge in [0.25, 0.3) is 0 Å². The van der Waals surface area contributed by atoms with Crippen molar-refractivity contribution in [2.75, 3.05) is 0 Å². The summed E-state index contributed by atoms with van der Waals surface area (Å²) in [5.74, 6) is 0.979. The molecule has 0 saturated carbocycles. The van der Waals surface area contributed by atoms with Crippen LogP contribution in [-0.4, -0.2) is 8.07 Å². The van der Waals surface area contributed by atoms with Gasteiger partial charge in [-0.15, -0.1) is 34.6 Å². The van der Waals surface area contributed by atoms with Crippen molar-refractivity contribution in [3.05, 3.63) is 165 Å². The summed E-state index contributed by atoms with van der Waals surface area (Å²) in [6.45, 7) is 26.9. The zero-order chi connectivity index (χ0) is 37.5. The molecule has 0 spiro atoms. The first-order valence-electron chi connectivity index (χ1n) is 18.2. The minimum atomic E-state index is -1.40. The Kier molecular flexibility index (Phi) is 12.1. The monoisotopic (exact) mass is 909 g/mol. The van der Waals surface area contributed by atoms with Gasteiger partial charge < -0.3 is 9.13 Å². The number of nitrogens with zero attached hydrogens (tertiary/aromatic N) is 2. The van der Waals surface area contributed by atoms with Crippen molar-refractivity contribution in [3.63, 3.8) is 0 Å². The van der Waals surface area contributed by atoms with Crippen molar-refractivity contribution < 1.29 is 29.2 Å². The van der Waals surface area contributed by atoms with Crippen LogP contribution >= 0.6 is 11.3 Å². The number of benzene rings is 4. The third-order valence-corrected chi connectivity index (χ3v) is 13.3. The van der Waals surface area contributed by atoms with Crippen LogP contribution in [-0.2, 0) is 20.1 Å². The molecule has 2 nitrogen and oxygen atoms in total. The van der Waals surface area contributed by atoms with Crippen LogP contribution in [0.15, 0.2) is 109 Å². The average Bonchev–Trinajstić information content (AvgIpc) is 3.47. The second kappa shape index (κ2) is 16.0. The van der Waals surface area contributed by atoms with Crippen molar-refractivity contribution in [1.29, 1.82) is 0 Å². The minimum absolute atomic E-state index is 0. The number of rotatable bonds is 6. The average molecular weight is 909 g/mol. The molecule has 0 fully saturated rings. The van der Waals surface area contributed by atoms with Crippen LogP contribution in [0.25, 0.3) is 53.8 Å². The number of hydrogen-bond acceptors (Lipinski definition) is 1. The Hall–Kier alpha value is -4.25. The van der Waals surface area contributed by atoms with E-state index in [-0.39, 0.29) is 20.1 Å². The smallest absolute Gasteiger partial charge is 0.0709 e. The van der Waals surface area contributed by atoms with Crippen LogP contribution in [0.1, 0.15) is 67.3 Å². The van der Waals surface area contributed by atoms with E-state index in [1.807, 2.05) is 20.5 Å². The van der Waals surface area contributed by atoms with Gasteiger partial charge >= 0.3 is 0 Å². The van der Waals surface area contributed by atoms with Gasteiger partial charge in [-0.3, -0.25) is 0 Å². The van der Waals surface area contributed by atoms with Gasteiger partial charge in [-0.1, -0.05) is 138 Å². The fourth-order valence-electron chi connectivity index (χ4n) is 7.11. The molecule has 7 rings (SSSR count). The summed E-state index contributed by atoms with van der Waals surface area (Å²) in [5, 5.41) is 4.08. The fourth-order valence-corrected chi connectivity index (χ4v) is 10.2. The molecule has 0 atom stereocenters. The second-order valence-corrected chi connectivity index (χ2v) is 21.7. The number of hydrogen-bond donors (Lipinski definition) is 0. The molecule has 275 valence electrons. The van der Waals surface area contributed by atoms with Crippen LogP contribution in [0.3, 0.4) is 0 Å². The number of aromatic nitrogens is 2. The molecule has 0 N–H and O–H groups in total. The zero-order valence-corrected chi connectivity index (χ0v) is 36.7. The Morgan fingerprint density at radius 2 is 1.30 bits per heavy atom. The predicted molar refractivity (Wildman–Crippen MR) is 229 cm³/mol. The summed E-state index contributed by atoms with van der Waals surface area (Å²) in [4.78, 5) is 0. The zero-order valence-electron chi connectivity index (χ0n) is 32.5. The Morgan fingerprint density at radius 3 is 1.94 bits per heavy atom. The van der Waals surface area contributed by atoms with Crippen molar-refractivity contribution in [1.82, 2.24) is 0 Å². The van der Waals surface area contributed by atoms with Crippen LogP contribution in [0.5, 0.6) is 0 Å². The molecule has 0 aliphatic heterocycles. The van der Waals surface area contributed by atoms with Crippen molar-refractivity contribution in [2.24, 2.45) is 0 Å². The van der Waals surface area contributed by atoms with Gasteiger partial charge in [0.2, 0.25) is 0 Å².